The Labute approximate surface area is 80.8 Å². The maximum absolute atomic E-state index is 8.71. The summed E-state index contributed by atoms with van der Waals surface area (Å²) in [6.07, 6.45) is 0. The van der Waals surface area contributed by atoms with Crippen molar-refractivity contribution in [1.29, 1.82) is 5.39 Å². The van der Waals surface area contributed by atoms with E-state index in [1.165, 1.54) is 7.11 Å². The predicted octanol–water partition coefficient (Wildman–Crippen LogP) is 2.73. The summed E-state index contributed by atoms with van der Waals surface area (Å²) in [5.74, 6) is 0.325. The summed E-state index contributed by atoms with van der Waals surface area (Å²) >= 11 is 0. The van der Waals surface area contributed by atoms with Gasteiger partial charge in [-0.2, -0.15) is 0 Å². The SMILES string of the molecule is COc1nc2ccccc2cc1[N+]#N. The lowest BCUT2D eigenvalue weighted by atomic mass is 10.2. The van der Waals surface area contributed by atoms with Crippen molar-refractivity contribution < 1.29 is 4.74 Å². The van der Waals surface area contributed by atoms with Crippen LogP contribution in [0.2, 0.25) is 0 Å². The van der Waals surface area contributed by atoms with E-state index in [1.54, 1.807) is 6.07 Å². The van der Waals surface area contributed by atoms with Gasteiger partial charge in [-0.1, -0.05) is 18.2 Å². The number of benzene rings is 1. The van der Waals surface area contributed by atoms with Crippen LogP contribution < -0.4 is 4.74 Å². The van der Waals surface area contributed by atoms with Crippen molar-refractivity contribution in [2.24, 2.45) is 0 Å². The third-order valence-corrected chi connectivity index (χ3v) is 1.97. The highest BCUT2D eigenvalue weighted by Crippen LogP contribution is 2.28. The molecule has 2 aromatic rings. The molecule has 0 fully saturated rings. The average molecular weight is 186 g/mol. The van der Waals surface area contributed by atoms with Crippen molar-refractivity contribution in [3.8, 4) is 5.88 Å². The Morgan fingerprint density at radius 2 is 2.14 bits per heavy atom. The molecule has 0 bridgehead atoms. The third-order valence-electron chi connectivity index (χ3n) is 1.97. The van der Waals surface area contributed by atoms with Crippen molar-refractivity contribution in [2.45, 2.75) is 0 Å². The monoisotopic (exact) mass is 186 g/mol. The van der Waals surface area contributed by atoms with E-state index in [-0.39, 0.29) is 0 Å². The van der Waals surface area contributed by atoms with E-state index >= 15 is 0 Å². The van der Waals surface area contributed by atoms with E-state index in [2.05, 4.69) is 9.96 Å². The number of hydrogen-bond acceptors (Lipinski definition) is 3. The molecule has 14 heavy (non-hydrogen) atoms. The summed E-state index contributed by atoms with van der Waals surface area (Å²) in [5.41, 5.74) is 1.16. The largest absolute Gasteiger partial charge is 0.475 e. The molecule has 0 saturated heterocycles. The summed E-state index contributed by atoms with van der Waals surface area (Å²) in [4.78, 5) is 7.29. The molecular weight excluding hydrogens is 178 g/mol. The fraction of sp³-hybridized carbons (Fsp3) is 0.100. The van der Waals surface area contributed by atoms with Crippen molar-refractivity contribution in [3.63, 3.8) is 0 Å². The fourth-order valence-corrected chi connectivity index (χ4v) is 1.31. The second-order valence-corrected chi connectivity index (χ2v) is 2.81. The minimum absolute atomic E-state index is 0.325. The van der Waals surface area contributed by atoms with Crippen LogP contribution in [0, 0.1) is 5.39 Å². The van der Waals surface area contributed by atoms with E-state index < -0.39 is 0 Å². The van der Waals surface area contributed by atoms with Crippen molar-refractivity contribution >= 4 is 16.6 Å². The van der Waals surface area contributed by atoms with Gasteiger partial charge in [0.05, 0.1) is 12.6 Å². The van der Waals surface area contributed by atoms with Crippen molar-refractivity contribution in [1.82, 2.24) is 4.98 Å². The number of fused-ring (bicyclic) bond motifs is 1. The van der Waals surface area contributed by atoms with Crippen LogP contribution in [0.4, 0.5) is 5.69 Å². The average Bonchev–Trinajstić information content (AvgIpc) is 2.27. The first kappa shape index (κ1) is 8.45. The number of pyridine rings is 1. The highest BCUT2D eigenvalue weighted by atomic mass is 16.5. The minimum atomic E-state index is 0.325. The van der Waals surface area contributed by atoms with Crippen molar-refractivity contribution in [2.75, 3.05) is 7.11 Å². The lowest BCUT2D eigenvalue weighted by molar-refractivity contribution is 0.402. The predicted molar refractivity (Wildman–Crippen MR) is 53.0 cm³/mol. The number of hydrogen-bond donors (Lipinski definition) is 0. The van der Waals surface area contributed by atoms with Gasteiger partial charge in [0, 0.05) is 11.5 Å². The van der Waals surface area contributed by atoms with Gasteiger partial charge in [-0.25, -0.2) is 4.98 Å². The van der Waals surface area contributed by atoms with Crippen LogP contribution in [0.5, 0.6) is 5.88 Å². The van der Waals surface area contributed by atoms with Crippen LogP contribution in [-0.4, -0.2) is 12.1 Å². The maximum Gasteiger partial charge on any atom is 0.446 e. The molecular formula is C10H8N3O+. The summed E-state index contributed by atoms with van der Waals surface area (Å²) in [7, 11) is 1.49. The lowest BCUT2D eigenvalue weighted by Crippen LogP contribution is -1.88. The molecule has 0 N–H and O–H groups in total. The fourth-order valence-electron chi connectivity index (χ4n) is 1.31. The maximum atomic E-state index is 8.71. The van der Waals surface area contributed by atoms with Crippen LogP contribution >= 0.6 is 0 Å². The zero-order valence-corrected chi connectivity index (χ0v) is 7.64. The number of nitrogens with zero attached hydrogens (tertiary/aromatic N) is 3. The highest BCUT2D eigenvalue weighted by molar-refractivity contribution is 5.83. The number of para-hydroxylation sites is 1. The molecule has 2 rings (SSSR count). The number of ether oxygens (including phenoxy) is 1. The number of rotatable bonds is 1. The zero-order chi connectivity index (χ0) is 9.97. The molecule has 0 amide bonds. The van der Waals surface area contributed by atoms with Crippen LogP contribution in [0.1, 0.15) is 0 Å². The standard InChI is InChI=1S/C10H8N3O/c1-14-10-9(13-11)6-7-4-2-3-5-8(7)12-10/h2-6H,1H3/q+1. The summed E-state index contributed by atoms with van der Waals surface area (Å²) in [5, 5.41) is 9.63. The Morgan fingerprint density at radius 1 is 1.36 bits per heavy atom. The first-order valence-electron chi connectivity index (χ1n) is 4.14. The van der Waals surface area contributed by atoms with Gasteiger partial charge in [-0.3, -0.25) is 0 Å². The van der Waals surface area contributed by atoms with Gasteiger partial charge in [-0.05, 0) is 6.07 Å². The van der Waals surface area contributed by atoms with E-state index in [1.807, 2.05) is 24.3 Å². The van der Waals surface area contributed by atoms with Gasteiger partial charge in [0.15, 0.2) is 4.98 Å². The molecule has 0 spiro atoms. The van der Waals surface area contributed by atoms with Crippen LogP contribution in [0.3, 0.4) is 0 Å². The molecule has 0 aliphatic heterocycles. The van der Waals surface area contributed by atoms with Crippen molar-refractivity contribution in [3.05, 3.63) is 35.3 Å². The Kier molecular flexibility index (Phi) is 1.99. The Morgan fingerprint density at radius 3 is 2.86 bits per heavy atom. The van der Waals surface area contributed by atoms with Crippen LogP contribution in [0.15, 0.2) is 30.3 Å². The third kappa shape index (κ3) is 1.25. The van der Waals surface area contributed by atoms with Crippen LogP contribution in [-0.2, 0) is 0 Å². The summed E-state index contributed by atoms with van der Waals surface area (Å²) < 4.78 is 4.98. The molecule has 0 aliphatic rings. The zero-order valence-electron chi connectivity index (χ0n) is 7.64. The normalized spacial score (nSPS) is 9.71. The number of methoxy groups -OCH3 is 1. The first-order valence-corrected chi connectivity index (χ1v) is 4.14. The smallest absolute Gasteiger partial charge is 0.446 e. The van der Waals surface area contributed by atoms with Gasteiger partial charge < -0.3 is 4.74 Å². The van der Waals surface area contributed by atoms with Crippen LogP contribution in [0.25, 0.3) is 15.9 Å². The highest BCUT2D eigenvalue weighted by Gasteiger charge is 2.17. The molecule has 1 aromatic heterocycles. The van der Waals surface area contributed by atoms with Gasteiger partial charge in [0.2, 0.25) is 5.39 Å². The van der Waals surface area contributed by atoms with E-state index in [4.69, 9.17) is 10.1 Å². The molecule has 0 radical (unpaired) electrons. The topological polar surface area (TPSA) is 50.3 Å². The molecule has 0 saturated carbocycles. The second-order valence-electron chi connectivity index (χ2n) is 2.81. The van der Waals surface area contributed by atoms with E-state index in [0.29, 0.717) is 11.6 Å². The molecule has 1 heterocycles. The minimum Gasteiger partial charge on any atom is -0.475 e. The van der Waals surface area contributed by atoms with Gasteiger partial charge >= 0.3 is 11.6 Å². The molecule has 68 valence electrons. The Hall–Kier alpha value is -2.15. The van der Waals surface area contributed by atoms with Gasteiger partial charge in [-0.15, -0.1) is 0 Å². The second kappa shape index (κ2) is 3.30. The quantitative estimate of drug-likeness (QED) is 0.643. The molecule has 4 nitrogen and oxygen atoms in total. The van der Waals surface area contributed by atoms with E-state index in [0.717, 1.165) is 10.9 Å². The number of diazo groups is 1. The van der Waals surface area contributed by atoms with Gasteiger partial charge in [0.25, 0.3) is 0 Å². The van der Waals surface area contributed by atoms with E-state index in [9.17, 15) is 0 Å². The Bertz CT molecular complexity index is 516. The first-order chi connectivity index (χ1) is 6.85. The number of aromatic nitrogens is 1. The summed E-state index contributed by atoms with van der Waals surface area (Å²) in [6.45, 7) is 0. The lowest BCUT2D eigenvalue weighted by Gasteiger charge is -1.97. The molecule has 0 atom stereocenters. The van der Waals surface area contributed by atoms with Gasteiger partial charge in [0.1, 0.15) is 0 Å². The molecule has 0 unspecified atom stereocenters. The Balaban J connectivity index is 2.77. The molecule has 4 heteroatoms. The molecule has 0 aliphatic carbocycles. The summed E-state index contributed by atoms with van der Waals surface area (Å²) in [6, 6.07) is 9.29. The molecule has 1 aromatic carbocycles.